The zero-order valence-electron chi connectivity index (χ0n) is 7.07. The molecule has 1 N–H and O–H groups in total. The first-order valence-corrected chi connectivity index (χ1v) is 3.84. The lowest BCUT2D eigenvalue weighted by molar-refractivity contribution is 0.160. The van der Waals surface area contributed by atoms with Gasteiger partial charge in [0, 0.05) is 5.39 Å². The molecule has 0 saturated heterocycles. The van der Waals surface area contributed by atoms with Gasteiger partial charge < -0.3 is 5.21 Å². The molecule has 12 heavy (non-hydrogen) atoms. The van der Waals surface area contributed by atoms with Crippen molar-refractivity contribution in [3.05, 3.63) is 29.5 Å². The summed E-state index contributed by atoms with van der Waals surface area (Å²) in [6, 6.07) is 5.77. The molecule has 0 unspecified atom stereocenters. The van der Waals surface area contributed by atoms with Gasteiger partial charge in [0.1, 0.15) is 5.52 Å². The van der Waals surface area contributed by atoms with Gasteiger partial charge in [-0.1, -0.05) is 12.1 Å². The number of aromatic nitrogens is 2. The summed E-state index contributed by atoms with van der Waals surface area (Å²) in [4.78, 5) is 0.928. The molecule has 0 fully saturated rings. The Kier molecular flexibility index (Phi) is 1.33. The van der Waals surface area contributed by atoms with Crippen molar-refractivity contribution in [3.8, 4) is 0 Å². The van der Waals surface area contributed by atoms with Gasteiger partial charge >= 0.3 is 0 Å². The standard InChI is InChI=1S/C9H10N2O/c1-6-4-3-5-8-9(6)7(2)10-11(8)12/h3-5,12H,1-2H3. The molecule has 2 rings (SSSR count). The summed E-state index contributed by atoms with van der Waals surface area (Å²) < 4.78 is 0. The van der Waals surface area contributed by atoms with E-state index in [-0.39, 0.29) is 0 Å². The van der Waals surface area contributed by atoms with Gasteiger partial charge in [-0.25, -0.2) is 0 Å². The molecule has 0 spiro atoms. The van der Waals surface area contributed by atoms with Crippen molar-refractivity contribution in [2.75, 3.05) is 0 Å². The van der Waals surface area contributed by atoms with E-state index in [1.807, 2.05) is 32.0 Å². The number of hydrogen-bond acceptors (Lipinski definition) is 2. The summed E-state index contributed by atoms with van der Waals surface area (Å²) in [5.74, 6) is 0. The van der Waals surface area contributed by atoms with Crippen LogP contribution in [0.4, 0.5) is 0 Å². The SMILES string of the molecule is Cc1cccc2c1c(C)nn2O. The smallest absolute Gasteiger partial charge is 0.110 e. The van der Waals surface area contributed by atoms with Crippen LogP contribution in [0.15, 0.2) is 18.2 Å². The molecule has 0 radical (unpaired) electrons. The minimum atomic E-state index is 0.771. The number of rotatable bonds is 0. The lowest BCUT2D eigenvalue weighted by atomic mass is 10.1. The minimum absolute atomic E-state index is 0.771. The van der Waals surface area contributed by atoms with Crippen molar-refractivity contribution in [2.45, 2.75) is 13.8 Å². The van der Waals surface area contributed by atoms with Gasteiger partial charge in [0.15, 0.2) is 0 Å². The van der Waals surface area contributed by atoms with Crippen LogP contribution >= 0.6 is 0 Å². The fraction of sp³-hybridized carbons (Fsp3) is 0.222. The molecule has 0 amide bonds. The zero-order valence-corrected chi connectivity index (χ0v) is 7.07. The predicted octanol–water partition coefficient (Wildman–Crippen LogP) is 1.89. The summed E-state index contributed by atoms with van der Waals surface area (Å²) in [5, 5.41) is 14.3. The van der Waals surface area contributed by atoms with Crippen LogP contribution < -0.4 is 0 Å². The third kappa shape index (κ3) is 0.794. The summed E-state index contributed by atoms with van der Waals surface area (Å²) in [6.45, 7) is 3.90. The minimum Gasteiger partial charge on any atom is -0.411 e. The molecule has 0 aliphatic heterocycles. The zero-order chi connectivity index (χ0) is 8.72. The molecule has 3 nitrogen and oxygen atoms in total. The van der Waals surface area contributed by atoms with E-state index in [1.165, 1.54) is 0 Å². The maximum Gasteiger partial charge on any atom is 0.110 e. The molecule has 3 heteroatoms. The average Bonchev–Trinajstić information content (AvgIpc) is 2.29. The van der Waals surface area contributed by atoms with Crippen molar-refractivity contribution in [3.63, 3.8) is 0 Å². The van der Waals surface area contributed by atoms with E-state index in [0.29, 0.717) is 0 Å². The molecule has 2 aromatic rings. The van der Waals surface area contributed by atoms with Crippen LogP contribution in [0.2, 0.25) is 0 Å². The molecule has 0 aliphatic rings. The van der Waals surface area contributed by atoms with Crippen LogP contribution in [-0.4, -0.2) is 15.2 Å². The highest BCUT2D eigenvalue weighted by Gasteiger charge is 2.06. The molecular formula is C9H10N2O. The second-order valence-corrected chi connectivity index (χ2v) is 2.94. The van der Waals surface area contributed by atoms with Crippen LogP contribution in [0.3, 0.4) is 0 Å². The predicted molar refractivity (Wildman–Crippen MR) is 46.4 cm³/mol. The Balaban J connectivity index is 2.99. The Morgan fingerprint density at radius 3 is 2.75 bits per heavy atom. The fourth-order valence-corrected chi connectivity index (χ4v) is 1.54. The van der Waals surface area contributed by atoms with E-state index in [2.05, 4.69) is 5.10 Å². The molecule has 0 atom stereocenters. The second kappa shape index (κ2) is 2.24. The number of hydrogen-bond donors (Lipinski definition) is 1. The molecule has 1 aromatic heterocycles. The Morgan fingerprint density at radius 2 is 2.08 bits per heavy atom. The maximum absolute atomic E-state index is 9.32. The van der Waals surface area contributed by atoms with Crippen LogP contribution in [-0.2, 0) is 0 Å². The Hall–Kier alpha value is -1.51. The molecule has 1 aromatic carbocycles. The third-order valence-electron chi connectivity index (χ3n) is 2.07. The first-order valence-electron chi connectivity index (χ1n) is 3.84. The van der Waals surface area contributed by atoms with E-state index in [1.54, 1.807) is 0 Å². The molecule has 1 heterocycles. The summed E-state index contributed by atoms with van der Waals surface area (Å²) in [7, 11) is 0. The van der Waals surface area contributed by atoms with Gasteiger partial charge in [-0.15, -0.1) is 9.94 Å². The van der Waals surface area contributed by atoms with Gasteiger partial charge in [-0.3, -0.25) is 0 Å². The summed E-state index contributed by atoms with van der Waals surface area (Å²) >= 11 is 0. The highest BCUT2D eigenvalue weighted by Crippen LogP contribution is 2.20. The van der Waals surface area contributed by atoms with E-state index in [9.17, 15) is 5.21 Å². The van der Waals surface area contributed by atoms with Crippen LogP contribution in [0.5, 0.6) is 0 Å². The van der Waals surface area contributed by atoms with E-state index < -0.39 is 0 Å². The van der Waals surface area contributed by atoms with Crippen LogP contribution in [0, 0.1) is 13.8 Å². The van der Waals surface area contributed by atoms with Gasteiger partial charge in [0.2, 0.25) is 0 Å². The summed E-state index contributed by atoms with van der Waals surface area (Å²) in [6.07, 6.45) is 0. The fourth-order valence-electron chi connectivity index (χ4n) is 1.54. The monoisotopic (exact) mass is 162 g/mol. The number of fused-ring (bicyclic) bond motifs is 1. The van der Waals surface area contributed by atoms with Crippen LogP contribution in [0.25, 0.3) is 10.9 Å². The van der Waals surface area contributed by atoms with Gasteiger partial charge in [0.05, 0.1) is 5.69 Å². The van der Waals surface area contributed by atoms with E-state index >= 15 is 0 Å². The highest BCUT2D eigenvalue weighted by atomic mass is 16.5. The Bertz CT molecular complexity index is 431. The first kappa shape index (κ1) is 7.16. The molecule has 0 aliphatic carbocycles. The molecule has 0 saturated carbocycles. The Labute approximate surface area is 70.2 Å². The molecule has 62 valence electrons. The normalized spacial score (nSPS) is 10.8. The van der Waals surface area contributed by atoms with Crippen LogP contribution in [0.1, 0.15) is 11.3 Å². The molecular weight excluding hydrogens is 152 g/mol. The lowest BCUT2D eigenvalue weighted by Crippen LogP contribution is -1.90. The van der Waals surface area contributed by atoms with Crippen molar-refractivity contribution in [1.29, 1.82) is 0 Å². The number of aryl methyl sites for hydroxylation is 2. The van der Waals surface area contributed by atoms with E-state index in [0.717, 1.165) is 27.0 Å². The highest BCUT2D eigenvalue weighted by molar-refractivity contribution is 5.84. The van der Waals surface area contributed by atoms with E-state index in [4.69, 9.17) is 0 Å². The van der Waals surface area contributed by atoms with Crippen molar-refractivity contribution in [2.24, 2.45) is 0 Å². The largest absolute Gasteiger partial charge is 0.411 e. The van der Waals surface area contributed by atoms with Gasteiger partial charge in [-0.05, 0) is 25.5 Å². The third-order valence-corrected chi connectivity index (χ3v) is 2.07. The number of benzene rings is 1. The van der Waals surface area contributed by atoms with Crippen molar-refractivity contribution >= 4 is 10.9 Å². The topological polar surface area (TPSA) is 38.0 Å². The lowest BCUT2D eigenvalue weighted by Gasteiger charge is -1.94. The molecule has 0 bridgehead atoms. The quantitative estimate of drug-likeness (QED) is 0.601. The average molecular weight is 162 g/mol. The maximum atomic E-state index is 9.32. The summed E-state index contributed by atoms with van der Waals surface area (Å²) in [5.41, 5.74) is 2.78. The first-order chi connectivity index (χ1) is 5.70. The second-order valence-electron chi connectivity index (χ2n) is 2.94. The Morgan fingerprint density at radius 1 is 1.33 bits per heavy atom. The van der Waals surface area contributed by atoms with Crippen molar-refractivity contribution in [1.82, 2.24) is 9.94 Å². The van der Waals surface area contributed by atoms with Gasteiger partial charge in [-0.2, -0.15) is 0 Å². The van der Waals surface area contributed by atoms with Gasteiger partial charge in [0.25, 0.3) is 0 Å². The van der Waals surface area contributed by atoms with Crippen molar-refractivity contribution < 1.29 is 5.21 Å². The number of nitrogens with zero attached hydrogens (tertiary/aromatic N) is 2.